The van der Waals surface area contributed by atoms with E-state index in [1.165, 1.54) is 56.6 Å². The number of hydrogen-bond acceptors (Lipinski definition) is 6. The number of pyridine rings is 1. The first-order valence-electron chi connectivity index (χ1n) is 12.2. The summed E-state index contributed by atoms with van der Waals surface area (Å²) < 4.78 is 13.0. The van der Waals surface area contributed by atoms with Crippen molar-refractivity contribution in [3.63, 3.8) is 0 Å². The summed E-state index contributed by atoms with van der Waals surface area (Å²) in [5, 5.41) is 8.26. The van der Waals surface area contributed by atoms with Gasteiger partial charge < -0.3 is 15.5 Å². The van der Waals surface area contributed by atoms with Gasteiger partial charge in [0.1, 0.15) is 6.67 Å². The van der Waals surface area contributed by atoms with Crippen molar-refractivity contribution >= 4 is 28.3 Å². The van der Waals surface area contributed by atoms with Crippen molar-refractivity contribution in [3.05, 3.63) is 40.7 Å². The number of likely N-dealkylation sites (tertiary alicyclic amines) is 1. The smallest absolute Gasteiger partial charge is 0.232 e. The zero-order valence-electron chi connectivity index (χ0n) is 19.8. The maximum Gasteiger partial charge on any atom is 0.232 e. The molecule has 4 rings (SSSR count). The van der Waals surface area contributed by atoms with Crippen LogP contribution in [0.25, 0.3) is 0 Å². The SMILES string of the molecule is CC(=O)Nc1nc(C2(C(=O)NCc3cncc(CF)c3)CCC(N3CCCCCCC3)C2)cs1. The minimum Gasteiger partial charge on any atom is -0.351 e. The number of nitrogens with zero attached hydrogens (tertiary/aromatic N) is 3. The number of thiazole rings is 1. The van der Waals surface area contributed by atoms with Crippen molar-refractivity contribution < 1.29 is 14.0 Å². The van der Waals surface area contributed by atoms with Gasteiger partial charge in [-0.05, 0) is 56.8 Å². The number of anilines is 1. The van der Waals surface area contributed by atoms with Crippen LogP contribution in [0.3, 0.4) is 0 Å². The predicted molar refractivity (Wildman–Crippen MR) is 131 cm³/mol. The maximum atomic E-state index is 13.7. The number of rotatable bonds is 7. The summed E-state index contributed by atoms with van der Waals surface area (Å²) in [6, 6.07) is 2.07. The van der Waals surface area contributed by atoms with Gasteiger partial charge in [-0.3, -0.25) is 14.6 Å². The van der Waals surface area contributed by atoms with Gasteiger partial charge in [0.15, 0.2) is 5.13 Å². The highest BCUT2D eigenvalue weighted by Crippen LogP contribution is 2.44. The van der Waals surface area contributed by atoms with E-state index in [0.29, 0.717) is 36.1 Å². The van der Waals surface area contributed by atoms with Gasteiger partial charge in [-0.15, -0.1) is 11.3 Å². The monoisotopic (exact) mass is 487 g/mol. The lowest BCUT2D eigenvalue weighted by molar-refractivity contribution is -0.127. The molecule has 2 aliphatic rings. The Morgan fingerprint density at radius 3 is 2.65 bits per heavy atom. The second-order valence-electron chi connectivity index (χ2n) is 9.52. The lowest BCUT2D eigenvalue weighted by Gasteiger charge is -2.32. The van der Waals surface area contributed by atoms with Gasteiger partial charge in [-0.1, -0.05) is 19.3 Å². The van der Waals surface area contributed by atoms with Crippen LogP contribution >= 0.6 is 11.3 Å². The fourth-order valence-electron chi connectivity index (χ4n) is 5.29. The summed E-state index contributed by atoms with van der Waals surface area (Å²) in [5.41, 5.74) is 1.25. The molecule has 1 saturated heterocycles. The van der Waals surface area contributed by atoms with Crippen molar-refractivity contribution in [3.8, 4) is 0 Å². The normalized spacial score (nSPS) is 23.8. The second kappa shape index (κ2) is 11.4. The topological polar surface area (TPSA) is 87.2 Å². The molecule has 0 spiro atoms. The minimum atomic E-state index is -0.745. The van der Waals surface area contributed by atoms with E-state index in [4.69, 9.17) is 0 Å². The average Bonchev–Trinajstić information content (AvgIpc) is 3.45. The number of carbonyl (C=O) groups is 2. The molecule has 0 aromatic carbocycles. The summed E-state index contributed by atoms with van der Waals surface area (Å²) in [4.78, 5) is 36.6. The van der Waals surface area contributed by atoms with Crippen molar-refractivity contribution in [1.82, 2.24) is 20.2 Å². The largest absolute Gasteiger partial charge is 0.351 e. The fraction of sp³-hybridized carbons (Fsp3) is 0.600. The van der Waals surface area contributed by atoms with Gasteiger partial charge >= 0.3 is 0 Å². The van der Waals surface area contributed by atoms with Crippen LogP contribution < -0.4 is 10.6 Å². The highest BCUT2D eigenvalue weighted by molar-refractivity contribution is 7.14. The quantitative estimate of drug-likeness (QED) is 0.607. The van der Waals surface area contributed by atoms with Crippen LogP contribution in [0.1, 0.15) is 75.1 Å². The molecule has 2 atom stereocenters. The lowest BCUT2D eigenvalue weighted by Crippen LogP contribution is -2.45. The molecule has 2 aromatic rings. The number of halogens is 1. The van der Waals surface area contributed by atoms with Crippen molar-refractivity contribution in [2.24, 2.45) is 0 Å². The Bertz CT molecular complexity index is 991. The van der Waals surface area contributed by atoms with E-state index in [1.54, 1.807) is 12.3 Å². The van der Waals surface area contributed by atoms with Crippen molar-refractivity contribution in [1.29, 1.82) is 0 Å². The molecule has 2 N–H and O–H groups in total. The molecular formula is C25H34FN5O2S. The molecule has 7 nitrogen and oxygen atoms in total. The van der Waals surface area contributed by atoms with Gasteiger partial charge in [-0.25, -0.2) is 9.37 Å². The number of aromatic nitrogens is 2. The predicted octanol–water partition coefficient (Wildman–Crippen LogP) is 4.34. The van der Waals surface area contributed by atoms with Gasteiger partial charge in [0.2, 0.25) is 11.8 Å². The van der Waals surface area contributed by atoms with E-state index < -0.39 is 12.1 Å². The number of carbonyl (C=O) groups excluding carboxylic acids is 2. The third kappa shape index (κ3) is 5.81. The molecule has 0 radical (unpaired) electrons. The first kappa shape index (κ1) is 24.7. The summed E-state index contributed by atoms with van der Waals surface area (Å²) in [6.07, 6.45) is 11.8. The molecule has 2 aromatic heterocycles. The molecule has 34 heavy (non-hydrogen) atoms. The Morgan fingerprint density at radius 1 is 1.18 bits per heavy atom. The summed E-state index contributed by atoms with van der Waals surface area (Å²) in [5.74, 6) is -0.239. The lowest BCUT2D eigenvalue weighted by atomic mass is 9.81. The highest BCUT2D eigenvalue weighted by Gasteiger charge is 2.49. The van der Waals surface area contributed by atoms with E-state index in [0.717, 1.165) is 30.8 Å². The molecule has 1 saturated carbocycles. The van der Waals surface area contributed by atoms with Crippen LogP contribution in [0.4, 0.5) is 9.52 Å². The fourth-order valence-corrected chi connectivity index (χ4v) is 6.14. The van der Waals surface area contributed by atoms with Crippen LogP contribution in [0.2, 0.25) is 0 Å². The maximum absolute atomic E-state index is 13.7. The Morgan fingerprint density at radius 2 is 1.91 bits per heavy atom. The summed E-state index contributed by atoms with van der Waals surface area (Å²) >= 11 is 1.35. The molecular weight excluding hydrogens is 453 g/mol. The first-order chi connectivity index (χ1) is 16.5. The van der Waals surface area contributed by atoms with E-state index in [-0.39, 0.29) is 11.8 Å². The average molecular weight is 488 g/mol. The number of nitrogens with one attached hydrogen (secondary N) is 2. The minimum absolute atomic E-state index is 0.0626. The molecule has 9 heteroatoms. The molecule has 184 valence electrons. The third-order valence-electron chi connectivity index (χ3n) is 7.07. The van der Waals surface area contributed by atoms with Crippen LogP contribution in [-0.2, 0) is 28.2 Å². The number of hydrogen-bond donors (Lipinski definition) is 2. The molecule has 1 aliphatic carbocycles. The van der Waals surface area contributed by atoms with Gasteiger partial charge in [-0.2, -0.15) is 0 Å². The second-order valence-corrected chi connectivity index (χ2v) is 10.4. The molecule has 2 unspecified atom stereocenters. The Kier molecular flexibility index (Phi) is 8.26. The van der Waals surface area contributed by atoms with Crippen LogP contribution in [-0.4, -0.2) is 45.8 Å². The van der Waals surface area contributed by atoms with Crippen LogP contribution in [0, 0.1) is 0 Å². The highest BCUT2D eigenvalue weighted by atomic mass is 32.1. The number of amides is 2. The summed E-state index contributed by atoms with van der Waals surface area (Å²) in [6.45, 7) is 3.33. The molecule has 2 fully saturated rings. The van der Waals surface area contributed by atoms with Crippen LogP contribution in [0.15, 0.2) is 23.8 Å². The van der Waals surface area contributed by atoms with E-state index in [2.05, 4.69) is 25.5 Å². The Hall–Kier alpha value is -2.39. The number of alkyl halides is 1. The summed E-state index contributed by atoms with van der Waals surface area (Å²) in [7, 11) is 0. The van der Waals surface area contributed by atoms with Gasteiger partial charge in [0.25, 0.3) is 0 Å². The van der Waals surface area contributed by atoms with Crippen molar-refractivity contribution in [2.45, 2.75) is 83.0 Å². The van der Waals surface area contributed by atoms with E-state index in [1.807, 2.05) is 5.38 Å². The first-order valence-corrected chi connectivity index (χ1v) is 13.1. The molecule has 3 heterocycles. The zero-order valence-corrected chi connectivity index (χ0v) is 20.6. The third-order valence-corrected chi connectivity index (χ3v) is 7.82. The standard InChI is InChI=1S/C25H34FN5O2S/c1-18(32)29-24-30-22(17-34-24)25(23(33)28-16-20-11-19(13-26)14-27-15-20)8-7-21(12-25)31-9-5-3-2-4-6-10-31/h11,14-15,17,21H,2-10,12-13,16H2,1H3,(H,28,33)(H,29,30,32). The van der Waals surface area contributed by atoms with Gasteiger partial charge in [0.05, 0.1) is 11.1 Å². The van der Waals surface area contributed by atoms with E-state index >= 15 is 0 Å². The molecule has 1 aliphatic heterocycles. The Labute approximate surface area is 204 Å². The van der Waals surface area contributed by atoms with Crippen LogP contribution in [0.5, 0.6) is 0 Å². The Balaban J connectivity index is 1.54. The van der Waals surface area contributed by atoms with Gasteiger partial charge in [0, 0.05) is 42.8 Å². The molecule has 2 amide bonds. The molecule has 0 bridgehead atoms. The zero-order chi connectivity index (χ0) is 24.0. The van der Waals surface area contributed by atoms with E-state index in [9.17, 15) is 14.0 Å². The van der Waals surface area contributed by atoms with Crippen molar-refractivity contribution in [2.75, 3.05) is 18.4 Å².